The third-order valence-electron chi connectivity index (χ3n) is 0.498. The van der Waals surface area contributed by atoms with Gasteiger partial charge >= 0.3 is 10.5 Å². The highest BCUT2D eigenvalue weighted by molar-refractivity contribution is 7.81. The second kappa shape index (κ2) is 3.40. The topological polar surface area (TPSA) is 52.6 Å². The minimum atomic E-state index is -4.97. The average molecular weight is 170 g/mol. The zero-order valence-electron chi connectivity index (χ0n) is 5.33. The molecule has 0 saturated carbocycles. The second-order valence-electron chi connectivity index (χ2n) is 1.28. The van der Waals surface area contributed by atoms with Gasteiger partial charge in [-0.15, -0.1) is 0 Å². The van der Waals surface area contributed by atoms with E-state index < -0.39 is 16.4 Å². The van der Waals surface area contributed by atoms with E-state index >= 15 is 0 Å². The Labute approximate surface area is 58.7 Å². The van der Waals surface area contributed by atoms with Crippen LogP contribution in [0.15, 0.2) is 12.5 Å². The van der Waals surface area contributed by atoms with E-state index in [1.165, 1.54) is 0 Å². The van der Waals surface area contributed by atoms with Crippen LogP contribution < -0.4 is 0 Å². The van der Waals surface area contributed by atoms with Gasteiger partial charge in [0.1, 0.15) is 0 Å². The lowest BCUT2D eigenvalue weighted by molar-refractivity contribution is 0.117. The van der Waals surface area contributed by atoms with Crippen LogP contribution in [0.25, 0.3) is 0 Å². The van der Waals surface area contributed by atoms with E-state index in [9.17, 15) is 12.3 Å². The van der Waals surface area contributed by atoms with Gasteiger partial charge in [-0.2, -0.15) is 8.42 Å². The van der Waals surface area contributed by atoms with Gasteiger partial charge in [0.25, 0.3) is 5.95 Å². The fraction of sp³-hybridized carbons (Fsp3) is 0.500. The van der Waals surface area contributed by atoms with Gasteiger partial charge in [0.05, 0.1) is 6.61 Å². The van der Waals surface area contributed by atoms with Crippen LogP contribution in [0.4, 0.5) is 3.89 Å². The summed E-state index contributed by atoms with van der Waals surface area (Å²) in [6, 6.07) is 0. The molecule has 6 heteroatoms. The van der Waals surface area contributed by atoms with Gasteiger partial charge in [-0.05, 0) is 13.5 Å². The van der Waals surface area contributed by atoms with Crippen molar-refractivity contribution in [1.82, 2.24) is 0 Å². The standard InChI is InChI=1S/C4H7FO4S/c1-3-8-4(2)9-10(5,6)7/h2-3H2,1H3. The average Bonchev–Trinajstić information content (AvgIpc) is 1.59. The largest absolute Gasteiger partial charge is 0.491 e. The van der Waals surface area contributed by atoms with Gasteiger partial charge < -0.3 is 8.92 Å². The normalized spacial score (nSPS) is 10.6. The highest BCUT2D eigenvalue weighted by atomic mass is 32.3. The first kappa shape index (κ1) is 9.22. The molecule has 0 aliphatic heterocycles. The first-order chi connectivity index (χ1) is 4.45. The predicted octanol–water partition coefficient (Wildman–Crippen LogP) is 0.725. The molecule has 0 bridgehead atoms. The summed E-state index contributed by atoms with van der Waals surface area (Å²) in [6.07, 6.45) is 0. The zero-order valence-corrected chi connectivity index (χ0v) is 6.15. The van der Waals surface area contributed by atoms with E-state index in [0.29, 0.717) is 0 Å². The van der Waals surface area contributed by atoms with Gasteiger partial charge in [0, 0.05) is 0 Å². The van der Waals surface area contributed by atoms with Crippen molar-refractivity contribution in [3.8, 4) is 0 Å². The first-order valence-electron chi connectivity index (χ1n) is 2.41. The molecule has 0 aromatic rings. The van der Waals surface area contributed by atoms with E-state index in [-0.39, 0.29) is 6.61 Å². The quantitative estimate of drug-likeness (QED) is 0.461. The molecule has 0 amide bonds. The molecule has 0 aromatic carbocycles. The molecule has 60 valence electrons. The van der Waals surface area contributed by atoms with Crippen molar-refractivity contribution >= 4 is 10.5 Å². The van der Waals surface area contributed by atoms with Crippen LogP contribution in [0.1, 0.15) is 6.92 Å². The number of halogens is 1. The molecule has 0 rings (SSSR count). The molecule has 0 saturated heterocycles. The summed E-state index contributed by atoms with van der Waals surface area (Å²) in [4.78, 5) is 0. The van der Waals surface area contributed by atoms with Crippen molar-refractivity contribution in [2.24, 2.45) is 0 Å². The molecular weight excluding hydrogens is 163 g/mol. The predicted molar refractivity (Wildman–Crippen MR) is 31.9 cm³/mol. The van der Waals surface area contributed by atoms with Crippen LogP contribution in [0.5, 0.6) is 0 Å². The first-order valence-corrected chi connectivity index (χ1v) is 3.72. The SMILES string of the molecule is C=C(OCC)OS(=O)(=O)F. The van der Waals surface area contributed by atoms with Crippen molar-refractivity contribution in [1.29, 1.82) is 0 Å². The summed E-state index contributed by atoms with van der Waals surface area (Å²) in [6.45, 7) is 4.72. The van der Waals surface area contributed by atoms with Crippen molar-refractivity contribution in [3.63, 3.8) is 0 Å². The summed E-state index contributed by atoms with van der Waals surface area (Å²) in [5, 5.41) is 0. The number of hydrogen-bond acceptors (Lipinski definition) is 4. The smallest absolute Gasteiger partial charge is 0.465 e. The van der Waals surface area contributed by atoms with Crippen LogP contribution >= 0.6 is 0 Å². The number of hydrogen-bond donors (Lipinski definition) is 0. The Morgan fingerprint density at radius 1 is 1.70 bits per heavy atom. The second-order valence-corrected chi connectivity index (χ2v) is 2.23. The molecule has 0 spiro atoms. The van der Waals surface area contributed by atoms with Crippen molar-refractivity contribution in [3.05, 3.63) is 12.5 Å². The van der Waals surface area contributed by atoms with E-state index in [2.05, 4.69) is 15.5 Å². The fourth-order valence-corrected chi connectivity index (χ4v) is 0.566. The Kier molecular flexibility index (Phi) is 3.14. The molecule has 4 nitrogen and oxygen atoms in total. The van der Waals surface area contributed by atoms with Crippen molar-refractivity contribution < 1.29 is 21.2 Å². The van der Waals surface area contributed by atoms with E-state index in [0.717, 1.165) is 0 Å². The molecule has 0 aliphatic rings. The van der Waals surface area contributed by atoms with Gasteiger partial charge in [-0.1, -0.05) is 3.89 Å². The molecule has 0 atom stereocenters. The van der Waals surface area contributed by atoms with Crippen molar-refractivity contribution in [2.45, 2.75) is 6.92 Å². The van der Waals surface area contributed by atoms with Gasteiger partial charge in [0.2, 0.25) is 0 Å². The maximum atomic E-state index is 11.6. The maximum Gasteiger partial charge on any atom is 0.491 e. The monoisotopic (exact) mass is 170 g/mol. The Balaban J connectivity index is 3.82. The molecule has 10 heavy (non-hydrogen) atoms. The Hall–Kier alpha value is -0.780. The zero-order chi connectivity index (χ0) is 8.20. The third kappa shape index (κ3) is 5.36. The summed E-state index contributed by atoms with van der Waals surface area (Å²) >= 11 is 0. The molecule has 0 N–H and O–H groups in total. The Morgan fingerprint density at radius 3 is 2.50 bits per heavy atom. The van der Waals surface area contributed by atoms with E-state index in [1.807, 2.05) is 0 Å². The summed E-state index contributed by atoms with van der Waals surface area (Å²) < 4.78 is 38.9. The highest BCUT2D eigenvalue weighted by Crippen LogP contribution is 2.03. The summed E-state index contributed by atoms with van der Waals surface area (Å²) in [7, 11) is -4.97. The molecule has 0 aromatic heterocycles. The number of ether oxygens (including phenoxy) is 1. The molecule has 0 unspecified atom stereocenters. The lowest BCUT2D eigenvalue weighted by Crippen LogP contribution is -2.00. The fourth-order valence-electron chi connectivity index (χ4n) is 0.296. The molecule has 0 fully saturated rings. The van der Waals surface area contributed by atoms with Crippen molar-refractivity contribution in [2.75, 3.05) is 6.61 Å². The Morgan fingerprint density at radius 2 is 2.20 bits per heavy atom. The Bertz CT molecular complexity index is 207. The minimum absolute atomic E-state index is 0.175. The minimum Gasteiger partial charge on any atom is -0.465 e. The van der Waals surface area contributed by atoms with Crippen LogP contribution in [-0.4, -0.2) is 15.0 Å². The van der Waals surface area contributed by atoms with Crippen LogP contribution in [-0.2, 0) is 19.4 Å². The van der Waals surface area contributed by atoms with Crippen LogP contribution in [0.2, 0.25) is 0 Å². The lowest BCUT2D eigenvalue weighted by atomic mass is 10.8. The van der Waals surface area contributed by atoms with Gasteiger partial charge in [0.15, 0.2) is 0 Å². The molecular formula is C4H7FO4S. The third-order valence-corrected chi connectivity index (χ3v) is 0.883. The van der Waals surface area contributed by atoms with Gasteiger partial charge in [-0.25, -0.2) is 0 Å². The maximum absolute atomic E-state index is 11.6. The number of rotatable bonds is 4. The van der Waals surface area contributed by atoms with Crippen LogP contribution in [0.3, 0.4) is 0 Å². The van der Waals surface area contributed by atoms with E-state index in [4.69, 9.17) is 0 Å². The molecule has 0 heterocycles. The lowest BCUT2D eigenvalue weighted by Gasteiger charge is -2.02. The summed E-state index contributed by atoms with van der Waals surface area (Å²) in [5.74, 6) is -0.565. The van der Waals surface area contributed by atoms with E-state index in [1.54, 1.807) is 6.92 Å². The highest BCUT2D eigenvalue weighted by Gasteiger charge is 2.09. The van der Waals surface area contributed by atoms with Gasteiger partial charge in [-0.3, -0.25) is 0 Å². The summed E-state index contributed by atoms with van der Waals surface area (Å²) in [5.41, 5.74) is 0. The molecule has 0 radical (unpaired) electrons. The van der Waals surface area contributed by atoms with Crippen LogP contribution in [0, 0.1) is 0 Å². The molecule has 0 aliphatic carbocycles.